The fourth-order valence-corrected chi connectivity index (χ4v) is 1.54. The third-order valence-corrected chi connectivity index (χ3v) is 2.24. The van der Waals surface area contributed by atoms with E-state index in [0.29, 0.717) is 19.5 Å². The van der Waals surface area contributed by atoms with Crippen LogP contribution >= 0.6 is 0 Å². The first-order valence-corrected chi connectivity index (χ1v) is 5.78. The van der Waals surface area contributed by atoms with E-state index in [0.717, 1.165) is 6.42 Å². The topological polar surface area (TPSA) is 55.1 Å². The standard InChI is InChI=1S/C13H24N2O/c1-5-6-7-8-15-12(16)11(10-14)9-13(2,3)4/h11H,7-10,14H2,1-4H3,(H,15,16). The van der Waals surface area contributed by atoms with Gasteiger partial charge in [-0.25, -0.2) is 0 Å². The number of carbonyl (C=O) groups is 1. The van der Waals surface area contributed by atoms with Crippen LogP contribution in [-0.2, 0) is 4.79 Å². The molecule has 0 fully saturated rings. The normalized spacial score (nSPS) is 12.6. The Balaban J connectivity index is 4.04. The van der Waals surface area contributed by atoms with Gasteiger partial charge in [-0.05, 0) is 18.8 Å². The monoisotopic (exact) mass is 224 g/mol. The Morgan fingerprint density at radius 3 is 2.50 bits per heavy atom. The SMILES string of the molecule is CC#CCCNC(=O)C(CN)CC(C)(C)C. The lowest BCUT2D eigenvalue weighted by atomic mass is 9.84. The van der Waals surface area contributed by atoms with Gasteiger partial charge in [-0.1, -0.05) is 20.8 Å². The van der Waals surface area contributed by atoms with Gasteiger partial charge in [0, 0.05) is 19.5 Å². The lowest BCUT2D eigenvalue weighted by molar-refractivity contribution is -0.125. The molecular formula is C13H24N2O. The summed E-state index contributed by atoms with van der Waals surface area (Å²) in [6, 6.07) is 0. The molecule has 0 aliphatic rings. The number of hydrogen-bond acceptors (Lipinski definition) is 2. The minimum Gasteiger partial charge on any atom is -0.355 e. The summed E-state index contributed by atoms with van der Waals surface area (Å²) >= 11 is 0. The highest BCUT2D eigenvalue weighted by atomic mass is 16.1. The first-order valence-electron chi connectivity index (χ1n) is 5.78. The Bertz CT molecular complexity index is 268. The van der Waals surface area contributed by atoms with Gasteiger partial charge in [0.05, 0.1) is 5.92 Å². The Labute approximate surface area is 99.2 Å². The van der Waals surface area contributed by atoms with E-state index in [-0.39, 0.29) is 17.2 Å². The molecule has 0 bridgehead atoms. The lowest BCUT2D eigenvalue weighted by Gasteiger charge is -2.24. The van der Waals surface area contributed by atoms with Crippen LogP contribution in [-0.4, -0.2) is 19.0 Å². The summed E-state index contributed by atoms with van der Waals surface area (Å²) in [4.78, 5) is 11.8. The highest BCUT2D eigenvalue weighted by Gasteiger charge is 2.23. The maximum Gasteiger partial charge on any atom is 0.224 e. The third-order valence-electron chi connectivity index (χ3n) is 2.24. The van der Waals surface area contributed by atoms with Crippen LogP contribution in [0.3, 0.4) is 0 Å². The largest absolute Gasteiger partial charge is 0.355 e. The molecule has 92 valence electrons. The number of amides is 1. The fraction of sp³-hybridized carbons (Fsp3) is 0.769. The molecule has 0 saturated carbocycles. The van der Waals surface area contributed by atoms with Gasteiger partial charge >= 0.3 is 0 Å². The van der Waals surface area contributed by atoms with Crippen LogP contribution in [0.1, 0.15) is 40.5 Å². The first-order chi connectivity index (χ1) is 7.40. The molecule has 1 unspecified atom stereocenters. The summed E-state index contributed by atoms with van der Waals surface area (Å²) in [5.41, 5.74) is 5.75. The molecule has 0 saturated heterocycles. The molecule has 0 radical (unpaired) electrons. The molecule has 0 aromatic carbocycles. The zero-order valence-electron chi connectivity index (χ0n) is 10.9. The van der Waals surface area contributed by atoms with E-state index in [1.54, 1.807) is 6.92 Å². The summed E-state index contributed by atoms with van der Waals surface area (Å²) in [7, 11) is 0. The zero-order chi connectivity index (χ0) is 12.6. The second-order valence-corrected chi connectivity index (χ2v) is 5.17. The van der Waals surface area contributed by atoms with Crippen LogP contribution in [0.4, 0.5) is 0 Å². The first kappa shape index (κ1) is 15.0. The molecule has 16 heavy (non-hydrogen) atoms. The zero-order valence-corrected chi connectivity index (χ0v) is 10.9. The van der Waals surface area contributed by atoms with Crippen molar-refractivity contribution in [3.8, 4) is 11.8 Å². The number of carbonyl (C=O) groups excluding carboxylic acids is 1. The van der Waals surface area contributed by atoms with Crippen LogP contribution in [0.2, 0.25) is 0 Å². The minimum atomic E-state index is -0.0883. The quantitative estimate of drug-likeness (QED) is 0.549. The van der Waals surface area contributed by atoms with E-state index in [1.807, 2.05) is 0 Å². The van der Waals surface area contributed by atoms with Gasteiger partial charge in [-0.2, -0.15) is 0 Å². The van der Waals surface area contributed by atoms with Gasteiger partial charge in [0.1, 0.15) is 0 Å². The van der Waals surface area contributed by atoms with Crippen molar-refractivity contribution in [3.05, 3.63) is 0 Å². The van der Waals surface area contributed by atoms with Crippen molar-refractivity contribution < 1.29 is 4.79 Å². The fourth-order valence-electron chi connectivity index (χ4n) is 1.54. The predicted octanol–water partition coefficient (Wildman–Crippen LogP) is 1.53. The van der Waals surface area contributed by atoms with E-state index in [4.69, 9.17) is 5.73 Å². The van der Waals surface area contributed by atoms with Gasteiger partial charge in [-0.3, -0.25) is 4.79 Å². The molecule has 1 atom stereocenters. The molecule has 0 aromatic heterocycles. The van der Waals surface area contributed by atoms with Crippen molar-refractivity contribution in [3.63, 3.8) is 0 Å². The molecule has 0 aromatic rings. The Kier molecular flexibility index (Phi) is 6.83. The minimum absolute atomic E-state index is 0.0512. The maximum atomic E-state index is 11.8. The predicted molar refractivity (Wildman–Crippen MR) is 67.7 cm³/mol. The van der Waals surface area contributed by atoms with Crippen molar-refractivity contribution in [2.75, 3.05) is 13.1 Å². The Morgan fingerprint density at radius 2 is 2.06 bits per heavy atom. The van der Waals surface area contributed by atoms with E-state index < -0.39 is 0 Å². The number of nitrogens with one attached hydrogen (secondary N) is 1. The smallest absolute Gasteiger partial charge is 0.224 e. The van der Waals surface area contributed by atoms with Crippen molar-refractivity contribution in [1.82, 2.24) is 5.32 Å². The molecule has 0 spiro atoms. The average Bonchev–Trinajstić information content (AvgIpc) is 2.19. The van der Waals surface area contributed by atoms with Crippen molar-refractivity contribution >= 4 is 5.91 Å². The van der Waals surface area contributed by atoms with Gasteiger partial charge in [0.25, 0.3) is 0 Å². The second kappa shape index (κ2) is 7.29. The molecular weight excluding hydrogens is 200 g/mol. The summed E-state index contributed by atoms with van der Waals surface area (Å²) in [6.45, 7) is 9.16. The second-order valence-electron chi connectivity index (χ2n) is 5.17. The number of rotatable bonds is 5. The molecule has 3 heteroatoms. The average molecular weight is 224 g/mol. The highest BCUT2D eigenvalue weighted by Crippen LogP contribution is 2.23. The van der Waals surface area contributed by atoms with Crippen molar-refractivity contribution in [1.29, 1.82) is 0 Å². The van der Waals surface area contributed by atoms with Crippen LogP contribution in [0.25, 0.3) is 0 Å². The lowest BCUT2D eigenvalue weighted by Crippen LogP contribution is -2.37. The molecule has 0 aliphatic heterocycles. The molecule has 3 nitrogen and oxygen atoms in total. The van der Waals surface area contributed by atoms with E-state index in [2.05, 4.69) is 37.9 Å². The number of hydrogen-bond donors (Lipinski definition) is 2. The van der Waals surface area contributed by atoms with Gasteiger partial charge in [-0.15, -0.1) is 11.8 Å². The Hall–Kier alpha value is -1.01. The van der Waals surface area contributed by atoms with Crippen LogP contribution < -0.4 is 11.1 Å². The molecule has 1 amide bonds. The van der Waals surface area contributed by atoms with E-state index >= 15 is 0 Å². The van der Waals surface area contributed by atoms with E-state index in [9.17, 15) is 4.79 Å². The van der Waals surface area contributed by atoms with Gasteiger partial charge < -0.3 is 11.1 Å². The van der Waals surface area contributed by atoms with Gasteiger partial charge in [0.15, 0.2) is 0 Å². The highest BCUT2D eigenvalue weighted by molar-refractivity contribution is 5.78. The summed E-state index contributed by atoms with van der Waals surface area (Å²) in [5.74, 6) is 5.67. The maximum absolute atomic E-state index is 11.8. The molecule has 3 N–H and O–H groups in total. The Morgan fingerprint density at radius 1 is 1.44 bits per heavy atom. The van der Waals surface area contributed by atoms with Crippen LogP contribution in [0.15, 0.2) is 0 Å². The van der Waals surface area contributed by atoms with E-state index in [1.165, 1.54) is 0 Å². The molecule has 0 aliphatic carbocycles. The molecule has 0 rings (SSSR count). The van der Waals surface area contributed by atoms with Crippen molar-refractivity contribution in [2.24, 2.45) is 17.1 Å². The summed E-state index contributed by atoms with van der Waals surface area (Å²) in [6.07, 6.45) is 1.52. The molecule has 0 heterocycles. The third kappa shape index (κ3) is 7.30. The van der Waals surface area contributed by atoms with Crippen LogP contribution in [0.5, 0.6) is 0 Å². The summed E-state index contributed by atoms with van der Waals surface area (Å²) in [5, 5.41) is 2.87. The summed E-state index contributed by atoms with van der Waals surface area (Å²) < 4.78 is 0. The number of nitrogens with two attached hydrogens (primary N) is 1. The van der Waals surface area contributed by atoms with Gasteiger partial charge in [0.2, 0.25) is 5.91 Å². The van der Waals surface area contributed by atoms with Crippen LogP contribution in [0, 0.1) is 23.2 Å². The van der Waals surface area contributed by atoms with Crippen molar-refractivity contribution in [2.45, 2.75) is 40.5 Å².